The van der Waals surface area contributed by atoms with Crippen molar-refractivity contribution in [3.8, 4) is 0 Å². The Kier molecular flexibility index (Phi) is 5.38. The summed E-state index contributed by atoms with van der Waals surface area (Å²) in [7, 11) is 0. The lowest BCUT2D eigenvalue weighted by molar-refractivity contribution is -0.117. The number of carbonyl (C=O) groups excluding carboxylic acids is 1. The van der Waals surface area contributed by atoms with E-state index in [1.165, 1.54) is 0 Å². The highest BCUT2D eigenvalue weighted by Gasteiger charge is 2.08. The van der Waals surface area contributed by atoms with Crippen molar-refractivity contribution >= 4 is 38.8 Å². The van der Waals surface area contributed by atoms with Crippen molar-refractivity contribution in [1.29, 1.82) is 0 Å². The molecule has 0 radical (unpaired) electrons. The Bertz CT molecular complexity index is 847. The van der Waals surface area contributed by atoms with Crippen molar-refractivity contribution in [2.24, 2.45) is 4.99 Å². The molecule has 0 atom stereocenters. The fourth-order valence-electron chi connectivity index (χ4n) is 2.33. The number of amides is 1. The third-order valence-electron chi connectivity index (χ3n) is 3.38. The molecular weight excluding hydrogens is 328 g/mol. The van der Waals surface area contributed by atoms with Crippen LogP contribution in [0.5, 0.6) is 0 Å². The third-order valence-corrected chi connectivity index (χ3v) is 5.31. The highest BCUT2D eigenvalue weighted by molar-refractivity contribution is 7.16. The van der Waals surface area contributed by atoms with Crippen molar-refractivity contribution < 1.29 is 9.53 Å². The molecule has 0 spiro atoms. The third kappa shape index (κ3) is 3.96. The highest BCUT2D eigenvalue weighted by Crippen LogP contribution is 2.17. The lowest BCUT2D eigenvalue weighted by Crippen LogP contribution is -2.20. The molecule has 0 aliphatic rings. The van der Waals surface area contributed by atoms with E-state index in [4.69, 9.17) is 4.74 Å². The molecule has 1 amide bonds. The second-order valence-corrected chi connectivity index (χ2v) is 7.00. The number of rotatable bonds is 6. The average Bonchev–Trinajstić information content (AvgIpc) is 3.16. The van der Waals surface area contributed by atoms with Gasteiger partial charge < -0.3 is 9.30 Å². The zero-order chi connectivity index (χ0) is 16.1. The standard InChI is InChI=1S/C17H18N2O2S2/c1-2-21-10-9-19-14-7-3-4-8-15(14)23-17(19)18-16(20)12-13-6-5-11-22-13/h3-8,11H,2,9-10,12H2,1H3. The summed E-state index contributed by atoms with van der Waals surface area (Å²) < 4.78 is 8.66. The number of nitrogens with zero attached hydrogens (tertiary/aromatic N) is 2. The lowest BCUT2D eigenvalue weighted by atomic mass is 10.3. The number of fused-ring (bicyclic) bond motifs is 1. The Morgan fingerprint density at radius 2 is 2.13 bits per heavy atom. The SMILES string of the molecule is CCOCCn1c(=NC(=O)Cc2cccs2)sc2ccccc21. The molecule has 1 aromatic carbocycles. The van der Waals surface area contributed by atoms with Gasteiger partial charge in [0.25, 0.3) is 5.91 Å². The number of hydrogen-bond donors (Lipinski definition) is 0. The van der Waals surface area contributed by atoms with Crippen LogP contribution in [0.25, 0.3) is 10.2 Å². The van der Waals surface area contributed by atoms with Crippen molar-refractivity contribution in [1.82, 2.24) is 4.57 Å². The molecule has 0 saturated carbocycles. The van der Waals surface area contributed by atoms with Gasteiger partial charge in [0.1, 0.15) is 0 Å². The minimum atomic E-state index is -0.107. The van der Waals surface area contributed by atoms with E-state index in [0.717, 1.165) is 19.9 Å². The van der Waals surface area contributed by atoms with Crippen LogP contribution in [0, 0.1) is 0 Å². The number of thiophene rings is 1. The van der Waals surface area contributed by atoms with Gasteiger partial charge in [0.15, 0.2) is 4.80 Å². The van der Waals surface area contributed by atoms with E-state index < -0.39 is 0 Å². The lowest BCUT2D eigenvalue weighted by Gasteiger charge is -2.05. The summed E-state index contributed by atoms with van der Waals surface area (Å²) in [5.41, 5.74) is 1.10. The second-order valence-electron chi connectivity index (χ2n) is 4.96. The van der Waals surface area contributed by atoms with E-state index in [9.17, 15) is 4.79 Å². The summed E-state index contributed by atoms with van der Waals surface area (Å²) in [6.45, 7) is 3.98. The van der Waals surface area contributed by atoms with Gasteiger partial charge >= 0.3 is 0 Å². The molecule has 4 nitrogen and oxygen atoms in total. The zero-order valence-corrected chi connectivity index (χ0v) is 14.5. The quantitative estimate of drug-likeness (QED) is 0.642. The maximum Gasteiger partial charge on any atom is 0.253 e. The van der Waals surface area contributed by atoms with E-state index in [-0.39, 0.29) is 5.91 Å². The molecular formula is C17H18N2O2S2. The van der Waals surface area contributed by atoms with Crippen LogP contribution >= 0.6 is 22.7 Å². The van der Waals surface area contributed by atoms with Crippen LogP contribution in [0.3, 0.4) is 0 Å². The van der Waals surface area contributed by atoms with Crippen LogP contribution in [-0.2, 0) is 22.5 Å². The fourth-order valence-corrected chi connectivity index (χ4v) is 4.10. The van der Waals surface area contributed by atoms with E-state index in [1.54, 1.807) is 22.7 Å². The van der Waals surface area contributed by atoms with Crippen LogP contribution in [0.2, 0.25) is 0 Å². The first-order valence-corrected chi connectivity index (χ1v) is 9.23. The van der Waals surface area contributed by atoms with Gasteiger partial charge in [-0.15, -0.1) is 11.3 Å². The van der Waals surface area contributed by atoms with Crippen LogP contribution in [0.15, 0.2) is 46.8 Å². The minimum Gasteiger partial charge on any atom is -0.380 e. The largest absolute Gasteiger partial charge is 0.380 e. The zero-order valence-electron chi connectivity index (χ0n) is 12.9. The second kappa shape index (κ2) is 7.68. The summed E-state index contributed by atoms with van der Waals surface area (Å²) in [5.74, 6) is -0.107. The van der Waals surface area contributed by atoms with Crippen LogP contribution in [0.4, 0.5) is 0 Å². The van der Waals surface area contributed by atoms with E-state index in [0.29, 0.717) is 26.2 Å². The highest BCUT2D eigenvalue weighted by atomic mass is 32.1. The normalized spacial score (nSPS) is 12.1. The van der Waals surface area contributed by atoms with E-state index >= 15 is 0 Å². The first-order valence-electron chi connectivity index (χ1n) is 7.54. The van der Waals surface area contributed by atoms with Crippen molar-refractivity contribution in [2.75, 3.05) is 13.2 Å². The predicted octanol–water partition coefficient (Wildman–Crippen LogP) is 3.47. The molecule has 0 saturated heterocycles. The number of carbonyl (C=O) groups is 1. The smallest absolute Gasteiger partial charge is 0.253 e. The molecule has 3 aromatic rings. The number of benzene rings is 1. The number of thiazole rings is 1. The predicted molar refractivity (Wildman–Crippen MR) is 94.9 cm³/mol. The molecule has 3 rings (SSSR count). The van der Waals surface area contributed by atoms with Gasteiger partial charge in [0.2, 0.25) is 0 Å². The summed E-state index contributed by atoms with van der Waals surface area (Å²) in [4.78, 5) is 18.4. The molecule has 0 aliphatic carbocycles. The first-order chi connectivity index (χ1) is 11.3. The van der Waals surface area contributed by atoms with Crippen LogP contribution < -0.4 is 4.80 Å². The number of hydrogen-bond acceptors (Lipinski definition) is 4. The van der Waals surface area contributed by atoms with Gasteiger partial charge in [-0.25, -0.2) is 0 Å². The Morgan fingerprint density at radius 3 is 2.91 bits per heavy atom. The first kappa shape index (κ1) is 16.1. The van der Waals surface area contributed by atoms with Gasteiger partial charge in [-0.3, -0.25) is 4.79 Å². The summed E-state index contributed by atoms with van der Waals surface area (Å²) in [5, 5.41) is 1.98. The molecule has 23 heavy (non-hydrogen) atoms. The van der Waals surface area contributed by atoms with Crippen molar-refractivity contribution in [3.63, 3.8) is 0 Å². The molecule has 0 aliphatic heterocycles. The topological polar surface area (TPSA) is 43.6 Å². The molecule has 120 valence electrons. The average molecular weight is 346 g/mol. The molecule has 0 fully saturated rings. The molecule has 0 N–H and O–H groups in total. The minimum absolute atomic E-state index is 0.107. The maximum atomic E-state index is 12.2. The monoisotopic (exact) mass is 346 g/mol. The number of ether oxygens (including phenoxy) is 1. The Morgan fingerprint density at radius 1 is 1.26 bits per heavy atom. The molecule has 2 heterocycles. The van der Waals surface area contributed by atoms with Crippen LogP contribution in [-0.4, -0.2) is 23.7 Å². The molecule has 0 unspecified atom stereocenters. The van der Waals surface area contributed by atoms with Crippen molar-refractivity contribution in [2.45, 2.75) is 19.9 Å². The van der Waals surface area contributed by atoms with Crippen LogP contribution in [0.1, 0.15) is 11.8 Å². The Balaban J connectivity index is 1.93. The van der Waals surface area contributed by atoms with Gasteiger partial charge in [0, 0.05) is 18.0 Å². The van der Waals surface area contributed by atoms with Gasteiger partial charge in [-0.2, -0.15) is 4.99 Å². The van der Waals surface area contributed by atoms with Gasteiger partial charge in [-0.1, -0.05) is 29.5 Å². The maximum absolute atomic E-state index is 12.2. The van der Waals surface area contributed by atoms with E-state index in [1.807, 2.05) is 36.6 Å². The van der Waals surface area contributed by atoms with Gasteiger partial charge in [0.05, 0.1) is 23.2 Å². The summed E-state index contributed by atoms with van der Waals surface area (Å²) in [6.07, 6.45) is 0.359. The van der Waals surface area contributed by atoms with Gasteiger partial charge in [-0.05, 0) is 30.5 Å². The summed E-state index contributed by atoms with van der Waals surface area (Å²) in [6, 6.07) is 12.0. The Labute approximate surface area is 142 Å². The van der Waals surface area contributed by atoms with E-state index in [2.05, 4.69) is 21.7 Å². The number of aromatic nitrogens is 1. The fraction of sp³-hybridized carbons (Fsp3) is 0.294. The molecule has 2 aromatic heterocycles. The Hall–Kier alpha value is -1.76. The number of para-hydroxylation sites is 1. The molecule has 6 heteroatoms. The van der Waals surface area contributed by atoms with Crippen molar-refractivity contribution in [3.05, 3.63) is 51.5 Å². The molecule has 0 bridgehead atoms. The summed E-state index contributed by atoms with van der Waals surface area (Å²) >= 11 is 3.13.